The number of aromatic nitrogens is 1. The SMILES string of the molecule is O=C(CCNC(=O)c1ccc2nc(Cl)sc2c1)Nc1ccccc1F. The van der Waals surface area contributed by atoms with Crippen molar-refractivity contribution in [3.63, 3.8) is 0 Å². The van der Waals surface area contributed by atoms with Gasteiger partial charge in [0.05, 0.1) is 15.9 Å². The molecule has 3 aromatic rings. The second-order valence-corrected chi connectivity index (χ2v) is 6.80. The smallest absolute Gasteiger partial charge is 0.251 e. The van der Waals surface area contributed by atoms with E-state index in [-0.39, 0.29) is 30.5 Å². The van der Waals surface area contributed by atoms with Gasteiger partial charge in [0, 0.05) is 18.5 Å². The van der Waals surface area contributed by atoms with Crippen LogP contribution in [-0.4, -0.2) is 23.3 Å². The van der Waals surface area contributed by atoms with Gasteiger partial charge >= 0.3 is 0 Å². The van der Waals surface area contributed by atoms with E-state index >= 15 is 0 Å². The minimum atomic E-state index is -0.503. The highest BCUT2D eigenvalue weighted by Crippen LogP contribution is 2.26. The fourth-order valence-corrected chi connectivity index (χ4v) is 3.27. The standard InChI is InChI=1S/C17H13ClFN3O2S/c18-17-22-13-6-5-10(9-14(13)25-17)16(24)20-8-7-15(23)21-12-4-2-1-3-11(12)19/h1-6,9H,7-8H2,(H,20,24)(H,21,23). The number of thiazole rings is 1. The average molecular weight is 378 g/mol. The van der Waals surface area contributed by atoms with Crippen molar-refractivity contribution in [2.45, 2.75) is 6.42 Å². The highest BCUT2D eigenvalue weighted by atomic mass is 35.5. The highest BCUT2D eigenvalue weighted by molar-refractivity contribution is 7.22. The number of fused-ring (bicyclic) bond motifs is 1. The van der Waals surface area contributed by atoms with E-state index in [9.17, 15) is 14.0 Å². The molecule has 3 rings (SSSR count). The van der Waals surface area contributed by atoms with Crippen LogP contribution in [0.25, 0.3) is 10.2 Å². The van der Waals surface area contributed by atoms with Crippen molar-refractivity contribution in [3.05, 3.63) is 58.3 Å². The third-order valence-corrected chi connectivity index (χ3v) is 4.53. The predicted molar refractivity (Wildman–Crippen MR) is 96.6 cm³/mol. The fourth-order valence-electron chi connectivity index (χ4n) is 2.20. The van der Waals surface area contributed by atoms with Crippen LogP contribution in [0.3, 0.4) is 0 Å². The lowest BCUT2D eigenvalue weighted by molar-refractivity contribution is -0.116. The van der Waals surface area contributed by atoms with Crippen LogP contribution in [-0.2, 0) is 4.79 Å². The molecule has 0 unspecified atom stereocenters. The Morgan fingerprint density at radius 1 is 1.20 bits per heavy atom. The van der Waals surface area contributed by atoms with Gasteiger partial charge in [-0.3, -0.25) is 9.59 Å². The molecular formula is C17H13ClFN3O2S. The molecule has 1 heterocycles. The van der Waals surface area contributed by atoms with Crippen LogP contribution >= 0.6 is 22.9 Å². The lowest BCUT2D eigenvalue weighted by atomic mass is 10.2. The first-order valence-electron chi connectivity index (χ1n) is 7.41. The Morgan fingerprint density at radius 3 is 2.80 bits per heavy atom. The average Bonchev–Trinajstić information content (AvgIpc) is 2.96. The Morgan fingerprint density at radius 2 is 2.00 bits per heavy atom. The van der Waals surface area contributed by atoms with E-state index in [0.29, 0.717) is 10.0 Å². The van der Waals surface area contributed by atoms with Crippen LogP contribution in [0.4, 0.5) is 10.1 Å². The van der Waals surface area contributed by atoms with Gasteiger partial charge in [0.25, 0.3) is 5.91 Å². The first-order valence-corrected chi connectivity index (χ1v) is 8.61. The summed E-state index contributed by atoms with van der Waals surface area (Å²) in [6, 6.07) is 11.0. The zero-order chi connectivity index (χ0) is 17.8. The summed E-state index contributed by atoms with van der Waals surface area (Å²) in [5.41, 5.74) is 1.31. The van der Waals surface area contributed by atoms with Gasteiger partial charge in [-0.05, 0) is 30.3 Å². The number of carbonyl (C=O) groups excluding carboxylic acids is 2. The van der Waals surface area contributed by atoms with Crippen molar-refractivity contribution in [2.24, 2.45) is 0 Å². The third-order valence-electron chi connectivity index (χ3n) is 3.41. The van der Waals surface area contributed by atoms with Crippen molar-refractivity contribution in [1.29, 1.82) is 0 Å². The molecule has 0 radical (unpaired) electrons. The molecule has 0 bridgehead atoms. The maximum Gasteiger partial charge on any atom is 0.251 e. The number of carbonyl (C=O) groups is 2. The number of amides is 2. The summed E-state index contributed by atoms with van der Waals surface area (Å²) in [7, 11) is 0. The van der Waals surface area contributed by atoms with Crippen molar-refractivity contribution >= 4 is 50.7 Å². The number of rotatable bonds is 5. The molecule has 0 atom stereocenters. The van der Waals surface area contributed by atoms with Crippen LogP contribution in [0, 0.1) is 5.82 Å². The molecule has 0 aliphatic heterocycles. The van der Waals surface area contributed by atoms with Gasteiger partial charge in [0.15, 0.2) is 4.47 Å². The van der Waals surface area contributed by atoms with E-state index in [1.165, 1.54) is 23.5 Å². The monoisotopic (exact) mass is 377 g/mol. The minimum absolute atomic E-state index is 0.0364. The Bertz CT molecular complexity index is 945. The van der Waals surface area contributed by atoms with Gasteiger partial charge in [0.2, 0.25) is 5.91 Å². The molecule has 0 aliphatic rings. The quantitative estimate of drug-likeness (QED) is 0.709. The van der Waals surface area contributed by atoms with E-state index in [0.717, 1.165) is 10.2 Å². The molecule has 25 heavy (non-hydrogen) atoms. The van der Waals surface area contributed by atoms with E-state index in [1.54, 1.807) is 30.3 Å². The number of hydrogen-bond donors (Lipinski definition) is 2. The zero-order valence-electron chi connectivity index (χ0n) is 12.9. The van der Waals surface area contributed by atoms with Crippen molar-refractivity contribution in [1.82, 2.24) is 10.3 Å². The summed E-state index contributed by atoms with van der Waals surface area (Å²) in [6.45, 7) is 0.139. The lowest BCUT2D eigenvalue weighted by Gasteiger charge is -2.07. The number of anilines is 1. The fraction of sp³-hybridized carbons (Fsp3) is 0.118. The maximum atomic E-state index is 13.5. The second kappa shape index (κ2) is 7.58. The number of halogens is 2. The first kappa shape index (κ1) is 17.3. The molecule has 2 N–H and O–H groups in total. The molecule has 2 amide bonds. The van der Waals surface area contributed by atoms with Gasteiger partial charge in [-0.15, -0.1) is 11.3 Å². The second-order valence-electron chi connectivity index (χ2n) is 5.18. The molecule has 0 aliphatic carbocycles. The van der Waals surface area contributed by atoms with Crippen molar-refractivity contribution < 1.29 is 14.0 Å². The molecule has 8 heteroatoms. The van der Waals surface area contributed by atoms with Gasteiger partial charge in [0.1, 0.15) is 5.82 Å². The predicted octanol–water partition coefficient (Wildman–Crippen LogP) is 3.85. The number of benzene rings is 2. The Hall–Kier alpha value is -2.51. The number of nitrogens with one attached hydrogen (secondary N) is 2. The lowest BCUT2D eigenvalue weighted by Crippen LogP contribution is -2.27. The molecule has 0 spiro atoms. The topological polar surface area (TPSA) is 71.1 Å². The normalized spacial score (nSPS) is 10.6. The summed E-state index contributed by atoms with van der Waals surface area (Å²) in [5.74, 6) is -1.18. The molecular weight excluding hydrogens is 365 g/mol. The van der Waals surface area contributed by atoms with Gasteiger partial charge in [-0.25, -0.2) is 9.37 Å². The van der Waals surface area contributed by atoms with Crippen LogP contribution in [0.15, 0.2) is 42.5 Å². The third kappa shape index (κ3) is 4.32. The number of hydrogen-bond acceptors (Lipinski definition) is 4. The van der Waals surface area contributed by atoms with E-state index < -0.39 is 5.82 Å². The molecule has 0 saturated heterocycles. The minimum Gasteiger partial charge on any atom is -0.352 e. The van der Waals surface area contributed by atoms with Crippen LogP contribution in [0.2, 0.25) is 4.47 Å². The van der Waals surface area contributed by atoms with Gasteiger partial charge < -0.3 is 10.6 Å². The molecule has 2 aromatic carbocycles. The Kier molecular flexibility index (Phi) is 5.25. The number of nitrogens with zero attached hydrogens (tertiary/aromatic N) is 1. The van der Waals surface area contributed by atoms with Crippen LogP contribution in [0.5, 0.6) is 0 Å². The summed E-state index contributed by atoms with van der Waals surface area (Å²) in [5, 5.41) is 5.12. The van der Waals surface area contributed by atoms with E-state index in [4.69, 9.17) is 11.6 Å². The Balaban J connectivity index is 1.53. The van der Waals surface area contributed by atoms with Crippen LogP contribution < -0.4 is 10.6 Å². The summed E-state index contributed by atoms with van der Waals surface area (Å²) < 4.78 is 14.7. The van der Waals surface area contributed by atoms with Crippen molar-refractivity contribution in [3.8, 4) is 0 Å². The molecule has 0 saturated carbocycles. The van der Waals surface area contributed by atoms with E-state index in [2.05, 4.69) is 15.6 Å². The summed E-state index contributed by atoms with van der Waals surface area (Å²) in [6.07, 6.45) is 0.0364. The summed E-state index contributed by atoms with van der Waals surface area (Å²) in [4.78, 5) is 28.1. The van der Waals surface area contributed by atoms with Gasteiger partial charge in [-0.1, -0.05) is 23.7 Å². The van der Waals surface area contributed by atoms with Crippen molar-refractivity contribution in [2.75, 3.05) is 11.9 Å². The Labute approximate surface area is 151 Å². The summed E-state index contributed by atoms with van der Waals surface area (Å²) >= 11 is 7.14. The molecule has 128 valence electrons. The van der Waals surface area contributed by atoms with E-state index in [1.807, 2.05) is 0 Å². The maximum absolute atomic E-state index is 13.5. The number of para-hydroxylation sites is 1. The van der Waals surface area contributed by atoms with Gasteiger partial charge in [-0.2, -0.15) is 0 Å². The largest absolute Gasteiger partial charge is 0.352 e. The first-order chi connectivity index (χ1) is 12.0. The molecule has 0 fully saturated rings. The molecule has 1 aromatic heterocycles. The van der Waals surface area contributed by atoms with Crippen LogP contribution in [0.1, 0.15) is 16.8 Å². The highest BCUT2D eigenvalue weighted by Gasteiger charge is 2.10. The molecule has 5 nitrogen and oxygen atoms in total. The zero-order valence-corrected chi connectivity index (χ0v) is 14.5.